The predicted molar refractivity (Wildman–Crippen MR) is 95.4 cm³/mol. The van der Waals surface area contributed by atoms with Gasteiger partial charge in [0.25, 0.3) is 5.91 Å². The molecule has 1 aromatic rings. The minimum atomic E-state index is -0.441. The average Bonchev–Trinajstić information content (AvgIpc) is 3.09. The van der Waals surface area contributed by atoms with Crippen LogP contribution in [0.25, 0.3) is 0 Å². The topological polar surface area (TPSA) is 64.4 Å². The Balaban J connectivity index is 1.73. The lowest BCUT2D eigenvalue weighted by atomic mass is 9.98. The van der Waals surface area contributed by atoms with Crippen LogP contribution in [0.5, 0.6) is 0 Å². The fourth-order valence-corrected chi connectivity index (χ4v) is 4.08. The highest BCUT2D eigenvalue weighted by Gasteiger charge is 2.38. The summed E-state index contributed by atoms with van der Waals surface area (Å²) in [5.41, 5.74) is 0.403. The SMILES string of the molecule is N#CC1CCN(C(=O)[C@@H]2CCCN2C(=O)c2cc(Cl)cc(Cl)c2)CC1. The van der Waals surface area contributed by atoms with Gasteiger partial charge in [-0.25, -0.2) is 0 Å². The highest BCUT2D eigenvalue weighted by molar-refractivity contribution is 6.35. The molecule has 0 saturated carbocycles. The van der Waals surface area contributed by atoms with Crippen LogP contribution in [0.3, 0.4) is 0 Å². The second kappa shape index (κ2) is 7.63. The third kappa shape index (κ3) is 3.91. The third-order valence-electron chi connectivity index (χ3n) is 4.90. The zero-order valence-electron chi connectivity index (χ0n) is 13.8. The molecule has 2 amide bonds. The summed E-state index contributed by atoms with van der Waals surface area (Å²) >= 11 is 12.0. The quantitative estimate of drug-likeness (QED) is 0.790. The fraction of sp³-hybridized carbons (Fsp3) is 0.500. The summed E-state index contributed by atoms with van der Waals surface area (Å²) in [6, 6.07) is 6.55. The van der Waals surface area contributed by atoms with Gasteiger partial charge in [-0.15, -0.1) is 0 Å². The number of carbonyl (C=O) groups is 2. The van der Waals surface area contributed by atoms with Crippen molar-refractivity contribution >= 4 is 35.0 Å². The maximum atomic E-state index is 12.9. The Hall–Kier alpha value is -1.77. The van der Waals surface area contributed by atoms with E-state index in [1.165, 1.54) is 0 Å². The number of hydrogen-bond donors (Lipinski definition) is 0. The van der Waals surface area contributed by atoms with E-state index in [-0.39, 0.29) is 17.7 Å². The monoisotopic (exact) mass is 379 g/mol. The molecule has 132 valence electrons. The van der Waals surface area contributed by atoms with Crippen molar-refractivity contribution in [1.29, 1.82) is 5.26 Å². The molecule has 0 N–H and O–H groups in total. The standard InChI is InChI=1S/C18H19Cl2N3O2/c19-14-8-13(9-15(20)10-14)17(24)23-5-1-2-16(23)18(25)22-6-3-12(11-21)4-7-22/h8-10,12,16H,1-7H2/t16-/m0/s1. The number of rotatable bonds is 2. The average molecular weight is 380 g/mol. The van der Waals surface area contributed by atoms with Gasteiger partial charge < -0.3 is 9.80 Å². The van der Waals surface area contributed by atoms with E-state index in [1.54, 1.807) is 28.0 Å². The number of piperidine rings is 1. The molecule has 2 heterocycles. The van der Waals surface area contributed by atoms with Crippen molar-refractivity contribution < 1.29 is 9.59 Å². The highest BCUT2D eigenvalue weighted by atomic mass is 35.5. The first-order chi connectivity index (χ1) is 12.0. The summed E-state index contributed by atoms with van der Waals surface area (Å²) < 4.78 is 0. The van der Waals surface area contributed by atoms with E-state index in [4.69, 9.17) is 28.5 Å². The second-order valence-electron chi connectivity index (χ2n) is 6.54. The summed E-state index contributed by atoms with van der Waals surface area (Å²) in [5.74, 6) is -0.207. The molecular formula is C18H19Cl2N3O2. The summed E-state index contributed by atoms with van der Waals surface area (Å²) in [6.45, 7) is 1.71. The maximum absolute atomic E-state index is 12.9. The molecule has 5 nitrogen and oxygen atoms in total. The molecule has 0 unspecified atom stereocenters. The Morgan fingerprint density at radius 2 is 1.68 bits per heavy atom. The normalized spacial score (nSPS) is 21.2. The van der Waals surface area contributed by atoms with Gasteiger partial charge in [-0.2, -0.15) is 5.26 Å². The zero-order valence-corrected chi connectivity index (χ0v) is 15.3. The minimum absolute atomic E-state index is 0.0182. The van der Waals surface area contributed by atoms with E-state index in [0.717, 1.165) is 6.42 Å². The molecule has 25 heavy (non-hydrogen) atoms. The van der Waals surface area contributed by atoms with Crippen molar-refractivity contribution in [3.05, 3.63) is 33.8 Å². The summed E-state index contributed by atoms with van der Waals surface area (Å²) in [5, 5.41) is 9.78. The molecular weight excluding hydrogens is 361 g/mol. The van der Waals surface area contributed by atoms with E-state index in [9.17, 15) is 9.59 Å². The largest absolute Gasteiger partial charge is 0.341 e. The molecule has 0 aliphatic carbocycles. The minimum Gasteiger partial charge on any atom is -0.341 e. The van der Waals surface area contributed by atoms with Gasteiger partial charge in [0.1, 0.15) is 6.04 Å². The van der Waals surface area contributed by atoms with Gasteiger partial charge in [-0.05, 0) is 43.9 Å². The van der Waals surface area contributed by atoms with Crippen molar-refractivity contribution in [2.75, 3.05) is 19.6 Å². The summed E-state index contributed by atoms with van der Waals surface area (Å²) in [6.07, 6.45) is 2.86. The van der Waals surface area contributed by atoms with Crippen LogP contribution in [0.2, 0.25) is 10.0 Å². The Bertz CT molecular complexity index is 703. The molecule has 1 atom stereocenters. The molecule has 2 fully saturated rings. The van der Waals surface area contributed by atoms with E-state index in [0.29, 0.717) is 54.5 Å². The Morgan fingerprint density at radius 1 is 1.04 bits per heavy atom. The first-order valence-corrected chi connectivity index (χ1v) is 9.20. The Morgan fingerprint density at radius 3 is 2.28 bits per heavy atom. The van der Waals surface area contributed by atoms with Crippen molar-refractivity contribution in [3.8, 4) is 6.07 Å². The van der Waals surface area contributed by atoms with Crippen LogP contribution in [-0.2, 0) is 4.79 Å². The molecule has 2 aliphatic rings. The van der Waals surface area contributed by atoms with E-state index in [2.05, 4.69) is 6.07 Å². The van der Waals surface area contributed by atoms with Gasteiger partial charge in [0, 0.05) is 41.2 Å². The molecule has 3 rings (SSSR count). The number of amides is 2. The second-order valence-corrected chi connectivity index (χ2v) is 7.42. The van der Waals surface area contributed by atoms with Crippen LogP contribution >= 0.6 is 23.2 Å². The van der Waals surface area contributed by atoms with Crippen molar-refractivity contribution in [2.45, 2.75) is 31.7 Å². The highest BCUT2D eigenvalue weighted by Crippen LogP contribution is 2.26. The lowest BCUT2D eigenvalue weighted by Crippen LogP contribution is -2.50. The number of likely N-dealkylation sites (tertiary alicyclic amines) is 2. The Labute approximate surface area is 157 Å². The van der Waals surface area contributed by atoms with Crippen molar-refractivity contribution in [3.63, 3.8) is 0 Å². The zero-order chi connectivity index (χ0) is 18.0. The van der Waals surface area contributed by atoms with Crippen LogP contribution in [0.15, 0.2) is 18.2 Å². The van der Waals surface area contributed by atoms with Gasteiger partial charge >= 0.3 is 0 Å². The molecule has 2 saturated heterocycles. The molecule has 0 bridgehead atoms. The number of hydrogen-bond acceptors (Lipinski definition) is 3. The van der Waals surface area contributed by atoms with Crippen LogP contribution in [0.1, 0.15) is 36.0 Å². The van der Waals surface area contributed by atoms with Crippen molar-refractivity contribution in [1.82, 2.24) is 9.80 Å². The van der Waals surface area contributed by atoms with Crippen LogP contribution < -0.4 is 0 Å². The summed E-state index contributed by atoms with van der Waals surface area (Å²) in [7, 11) is 0. The third-order valence-corrected chi connectivity index (χ3v) is 5.33. The number of halogens is 2. The molecule has 2 aliphatic heterocycles. The van der Waals surface area contributed by atoms with Crippen molar-refractivity contribution in [2.24, 2.45) is 5.92 Å². The van der Waals surface area contributed by atoms with E-state index < -0.39 is 6.04 Å². The van der Waals surface area contributed by atoms with Crippen LogP contribution in [-0.4, -0.2) is 47.3 Å². The number of carbonyl (C=O) groups excluding carboxylic acids is 2. The first kappa shape index (κ1) is 18.0. The number of nitrogens with zero attached hydrogens (tertiary/aromatic N) is 3. The van der Waals surface area contributed by atoms with Crippen LogP contribution in [0.4, 0.5) is 0 Å². The lowest BCUT2D eigenvalue weighted by molar-refractivity contribution is -0.136. The first-order valence-electron chi connectivity index (χ1n) is 8.45. The fourth-order valence-electron chi connectivity index (χ4n) is 3.55. The summed E-state index contributed by atoms with van der Waals surface area (Å²) in [4.78, 5) is 29.1. The predicted octanol–water partition coefficient (Wildman–Crippen LogP) is 3.36. The van der Waals surface area contributed by atoms with Gasteiger partial charge in [-0.1, -0.05) is 23.2 Å². The molecule has 7 heteroatoms. The van der Waals surface area contributed by atoms with Gasteiger partial charge in [0.15, 0.2) is 0 Å². The smallest absolute Gasteiger partial charge is 0.254 e. The Kier molecular flexibility index (Phi) is 5.51. The molecule has 0 spiro atoms. The number of benzene rings is 1. The maximum Gasteiger partial charge on any atom is 0.254 e. The molecule has 0 radical (unpaired) electrons. The molecule has 0 aromatic heterocycles. The van der Waals surface area contributed by atoms with Gasteiger partial charge in [0.05, 0.1) is 6.07 Å². The lowest BCUT2D eigenvalue weighted by Gasteiger charge is -2.34. The van der Waals surface area contributed by atoms with E-state index >= 15 is 0 Å². The van der Waals surface area contributed by atoms with Gasteiger partial charge in [-0.3, -0.25) is 9.59 Å². The van der Waals surface area contributed by atoms with Crippen LogP contribution in [0, 0.1) is 17.2 Å². The van der Waals surface area contributed by atoms with E-state index in [1.807, 2.05) is 0 Å². The van der Waals surface area contributed by atoms with Gasteiger partial charge in [0.2, 0.25) is 5.91 Å². The molecule has 1 aromatic carbocycles. The number of nitriles is 1.